The van der Waals surface area contributed by atoms with Gasteiger partial charge in [0.2, 0.25) is 5.88 Å². The number of ether oxygens (including phenoxy) is 1. The number of alkyl halides is 1. The Hall–Kier alpha value is -1.01. The first-order chi connectivity index (χ1) is 9.60. The second-order valence-corrected chi connectivity index (χ2v) is 6.28. The van der Waals surface area contributed by atoms with E-state index in [1.54, 1.807) is 7.11 Å². The summed E-state index contributed by atoms with van der Waals surface area (Å²) in [6.07, 6.45) is 4.65. The summed E-state index contributed by atoms with van der Waals surface area (Å²) in [6.45, 7) is 4.08. The van der Waals surface area contributed by atoms with Gasteiger partial charge in [0.05, 0.1) is 12.5 Å². The zero-order valence-corrected chi connectivity index (χ0v) is 13.7. The molecule has 0 amide bonds. The fourth-order valence-electron chi connectivity index (χ4n) is 2.19. The second-order valence-electron chi connectivity index (χ2n) is 4.64. The molecule has 0 aromatic carbocycles. The largest absolute Gasteiger partial charge is 0.479 e. The molecule has 0 radical (unpaired) electrons. The topological polar surface area (TPSA) is 52.8 Å². The van der Waals surface area contributed by atoms with Gasteiger partial charge in [0.1, 0.15) is 12.2 Å². The molecule has 110 valence electrons. The Morgan fingerprint density at radius 1 is 1.40 bits per heavy atom. The first-order valence-corrected chi connectivity index (χ1v) is 8.33. The third kappa shape index (κ3) is 2.86. The van der Waals surface area contributed by atoms with Gasteiger partial charge in [-0.25, -0.2) is 9.97 Å². The third-order valence-electron chi connectivity index (χ3n) is 3.20. The number of methoxy groups -OCH3 is 1. The number of thioether (sulfide) groups is 1. The number of halogens is 1. The van der Waals surface area contributed by atoms with Crippen LogP contribution in [0, 0.1) is 0 Å². The molecule has 20 heavy (non-hydrogen) atoms. The molecule has 2 unspecified atom stereocenters. The number of hydrogen-bond acceptors (Lipinski definition) is 5. The molecule has 0 bridgehead atoms. The molecule has 2 aromatic rings. The highest BCUT2D eigenvalue weighted by atomic mass is 35.5. The Bertz CT molecular complexity index is 587. The summed E-state index contributed by atoms with van der Waals surface area (Å²) >= 11 is 8.11. The lowest BCUT2D eigenvalue weighted by Crippen LogP contribution is -2.11. The summed E-state index contributed by atoms with van der Waals surface area (Å²) in [7, 11) is 1.59. The summed E-state index contributed by atoms with van der Waals surface area (Å²) < 4.78 is 7.37. The number of imidazole rings is 1. The molecular formula is C13H19ClN4OS. The standard InChI is InChI=1S/C13H19ClN4OS/c1-8(5-6-20-4)18-11(9(2)14)17-10-12(18)15-7-16-13(10)19-3/h7-9H,5-6H2,1-4H3. The van der Waals surface area contributed by atoms with Gasteiger partial charge < -0.3 is 9.30 Å². The van der Waals surface area contributed by atoms with E-state index in [1.807, 2.05) is 18.7 Å². The normalized spacial score (nSPS) is 14.4. The summed E-state index contributed by atoms with van der Waals surface area (Å²) in [5, 5.41) is -0.189. The van der Waals surface area contributed by atoms with Crippen molar-refractivity contribution in [3.8, 4) is 5.88 Å². The van der Waals surface area contributed by atoms with Gasteiger partial charge in [0.25, 0.3) is 0 Å². The van der Waals surface area contributed by atoms with Gasteiger partial charge in [-0.05, 0) is 32.3 Å². The Morgan fingerprint density at radius 3 is 2.75 bits per heavy atom. The molecule has 0 N–H and O–H groups in total. The summed E-state index contributed by atoms with van der Waals surface area (Å²) in [4.78, 5) is 13.1. The minimum absolute atomic E-state index is 0.189. The van der Waals surface area contributed by atoms with E-state index in [0.717, 1.165) is 23.6 Å². The van der Waals surface area contributed by atoms with Gasteiger partial charge in [-0.3, -0.25) is 0 Å². The van der Waals surface area contributed by atoms with E-state index in [0.29, 0.717) is 11.4 Å². The number of nitrogens with zero attached hydrogens (tertiary/aromatic N) is 4. The Kier molecular flexibility index (Phi) is 5.10. The zero-order valence-electron chi connectivity index (χ0n) is 12.1. The third-order valence-corrected chi connectivity index (χ3v) is 4.04. The van der Waals surface area contributed by atoms with E-state index >= 15 is 0 Å². The lowest BCUT2D eigenvalue weighted by Gasteiger charge is -2.17. The fraction of sp³-hybridized carbons (Fsp3) is 0.615. The molecule has 0 aliphatic heterocycles. The van der Waals surface area contributed by atoms with Gasteiger partial charge in [-0.2, -0.15) is 16.7 Å². The van der Waals surface area contributed by atoms with E-state index in [9.17, 15) is 0 Å². The van der Waals surface area contributed by atoms with Crippen LogP contribution in [0.15, 0.2) is 6.33 Å². The molecule has 2 atom stereocenters. The van der Waals surface area contributed by atoms with Crippen LogP contribution in [-0.2, 0) is 0 Å². The van der Waals surface area contributed by atoms with Crippen LogP contribution in [0.1, 0.15) is 37.5 Å². The van der Waals surface area contributed by atoms with Crippen LogP contribution in [0.5, 0.6) is 5.88 Å². The van der Waals surface area contributed by atoms with Crippen molar-refractivity contribution in [1.82, 2.24) is 19.5 Å². The summed E-state index contributed by atoms with van der Waals surface area (Å²) in [5.41, 5.74) is 1.46. The van der Waals surface area contributed by atoms with Crippen LogP contribution in [-0.4, -0.2) is 38.6 Å². The molecule has 0 aliphatic rings. The van der Waals surface area contributed by atoms with Crippen LogP contribution in [0.3, 0.4) is 0 Å². The van der Waals surface area contributed by atoms with Crippen molar-refractivity contribution in [2.24, 2.45) is 0 Å². The first kappa shape index (κ1) is 15.4. The highest BCUT2D eigenvalue weighted by molar-refractivity contribution is 7.98. The van der Waals surface area contributed by atoms with Crippen molar-refractivity contribution in [2.75, 3.05) is 19.1 Å². The maximum absolute atomic E-state index is 6.28. The zero-order chi connectivity index (χ0) is 14.7. The molecule has 2 aromatic heterocycles. The summed E-state index contributed by atoms with van der Waals surface area (Å²) in [5.74, 6) is 2.39. The average Bonchev–Trinajstić information content (AvgIpc) is 2.84. The smallest absolute Gasteiger partial charge is 0.245 e. The minimum Gasteiger partial charge on any atom is -0.479 e. The van der Waals surface area contributed by atoms with Crippen LogP contribution >= 0.6 is 23.4 Å². The van der Waals surface area contributed by atoms with Crippen molar-refractivity contribution >= 4 is 34.5 Å². The molecule has 2 rings (SSSR count). The Balaban J connectivity index is 2.57. The van der Waals surface area contributed by atoms with Crippen molar-refractivity contribution in [2.45, 2.75) is 31.7 Å². The van der Waals surface area contributed by atoms with Gasteiger partial charge in [0.15, 0.2) is 11.2 Å². The molecule has 0 saturated heterocycles. The maximum Gasteiger partial charge on any atom is 0.245 e. The van der Waals surface area contributed by atoms with Gasteiger partial charge in [-0.15, -0.1) is 11.6 Å². The van der Waals surface area contributed by atoms with Crippen molar-refractivity contribution in [3.63, 3.8) is 0 Å². The molecule has 0 aliphatic carbocycles. The second kappa shape index (κ2) is 6.63. The molecule has 2 heterocycles. The Labute approximate surface area is 128 Å². The van der Waals surface area contributed by atoms with Crippen LogP contribution in [0.2, 0.25) is 0 Å². The summed E-state index contributed by atoms with van der Waals surface area (Å²) in [6, 6.07) is 0.281. The minimum atomic E-state index is -0.189. The molecular weight excluding hydrogens is 296 g/mol. The molecule has 0 fully saturated rings. The molecule has 7 heteroatoms. The van der Waals surface area contributed by atoms with Crippen molar-refractivity contribution in [1.29, 1.82) is 0 Å². The lowest BCUT2D eigenvalue weighted by atomic mass is 10.2. The number of aromatic nitrogens is 4. The van der Waals surface area contributed by atoms with Crippen LogP contribution in [0.4, 0.5) is 0 Å². The van der Waals surface area contributed by atoms with Crippen molar-refractivity contribution in [3.05, 3.63) is 12.2 Å². The monoisotopic (exact) mass is 314 g/mol. The van der Waals surface area contributed by atoms with E-state index in [2.05, 4.69) is 32.7 Å². The predicted molar refractivity (Wildman–Crippen MR) is 83.9 cm³/mol. The number of hydrogen-bond donors (Lipinski definition) is 0. The maximum atomic E-state index is 6.28. The fourth-order valence-corrected chi connectivity index (χ4v) is 2.92. The van der Waals surface area contributed by atoms with E-state index in [1.165, 1.54) is 6.33 Å². The van der Waals surface area contributed by atoms with E-state index in [-0.39, 0.29) is 11.4 Å². The first-order valence-electron chi connectivity index (χ1n) is 6.50. The highest BCUT2D eigenvalue weighted by Gasteiger charge is 2.22. The molecule has 5 nitrogen and oxygen atoms in total. The SMILES string of the molecule is COc1ncnc2c1nc(C(C)Cl)n2C(C)CCSC. The Morgan fingerprint density at radius 2 is 2.15 bits per heavy atom. The quantitative estimate of drug-likeness (QED) is 0.764. The number of fused-ring (bicyclic) bond motifs is 1. The van der Waals surface area contributed by atoms with E-state index < -0.39 is 0 Å². The van der Waals surface area contributed by atoms with Gasteiger partial charge in [-0.1, -0.05) is 0 Å². The van der Waals surface area contributed by atoms with Crippen LogP contribution in [0.25, 0.3) is 11.2 Å². The average molecular weight is 315 g/mol. The lowest BCUT2D eigenvalue weighted by molar-refractivity contribution is 0.401. The van der Waals surface area contributed by atoms with Crippen LogP contribution < -0.4 is 4.74 Å². The van der Waals surface area contributed by atoms with E-state index in [4.69, 9.17) is 16.3 Å². The number of rotatable bonds is 6. The highest BCUT2D eigenvalue weighted by Crippen LogP contribution is 2.31. The van der Waals surface area contributed by atoms with Crippen molar-refractivity contribution < 1.29 is 4.74 Å². The molecule has 0 saturated carbocycles. The van der Waals surface area contributed by atoms with Gasteiger partial charge >= 0.3 is 0 Å². The van der Waals surface area contributed by atoms with Gasteiger partial charge in [0, 0.05) is 6.04 Å². The molecule has 0 spiro atoms. The predicted octanol–water partition coefficient (Wildman–Crippen LogP) is 3.45.